The van der Waals surface area contributed by atoms with Crippen molar-refractivity contribution in [2.75, 3.05) is 40.9 Å². The number of amides is 1. The molecule has 0 aliphatic carbocycles. The van der Waals surface area contributed by atoms with Gasteiger partial charge in [-0.15, -0.1) is 0 Å². The minimum Gasteiger partial charge on any atom is -0.456 e. The molecule has 9 nitrogen and oxygen atoms in total. The standard InChI is InChI=1S/C73H139N2O7P/c1-7-10-13-16-19-22-25-27-29-31-33-34-35-36-37-38-39-40-42-43-45-47-50-53-56-59-62-65-72(76)74-70(69-81-83(78,79)80-68-67-75(4,5)6)71(64-61-58-55-52-49-24-21-18-15-12-9-3)82-73(77)66-63-60-57-54-51-48-46-44-41-32-30-28-26-23-20-17-14-11-8-2/h19,22,27-30,61,64,70-71H,7-18,20-21,23-26,31-60,62-63,65-69H2,1-6H3,(H-,74,76,78,79)/p+1/b22-19-,29-27-,30-28+,64-61-. The Morgan fingerprint density at radius 3 is 1.12 bits per heavy atom. The molecule has 3 unspecified atom stereocenters. The third kappa shape index (κ3) is 64.3. The van der Waals surface area contributed by atoms with Crippen molar-refractivity contribution >= 4 is 19.7 Å². The van der Waals surface area contributed by atoms with Crippen LogP contribution in [-0.2, 0) is 27.9 Å². The Balaban J connectivity index is 4.95. The molecule has 0 aromatic rings. The number of carbonyl (C=O) groups excluding carboxylic acids is 2. The van der Waals surface area contributed by atoms with E-state index in [4.69, 9.17) is 13.8 Å². The van der Waals surface area contributed by atoms with Gasteiger partial charge in [0.05, 0.1) is 33.8 Å². The van der Waals surface area contributed by atoms with Gasteiger partial charge in [-0.3, -0.25) is 18.6 Å². The Morgan fingerprint density at radius 1 is 0.422 bits per heavy atom. The molecule has 0 rings (SSSR count). The molecule has 488 valence electrons. The van der Waals surface area contributed by atoms with Crippen molar-refractivity contribution in [1.82, 2.24) is 5.32 Å². The fraction of sp³-hybridized carbons (Fsp3) is 0.863. The first-order chi connectivity index (χ1) is 40.4. The molecule has 0 saturated carbocycles. The molecule has 3 atom stereocenters. The van der Waals surface area contributed by atoms with Gasteiger partial charge in [-0.2, -0.15) is 0 Å². The number of rotatable bonds is 66. The number of quaternary nitrogens is 1. The first kappa shape index (κ1) is 81.0. The number of likely N-dealkylation sites (N-methyl/N-ethyl adjacent to an activating group) is 1. The normalized spacial score (nSPS) is 13.8. The molecule has 0 aromatic heterocycles. The quantitative estimate of drug-likeness (QED) is 0.0205. The van der Waals surface area contributed by atoms with E-state index >= 15 is 0 Å². The highest BCUT2D eigenvalue weighted by atomic mass is 31.2. The summed E-state index contributed by atoms with van der Waals surface area (Å²) in [4.78, 5) is 37.9. The fourth-order valence-electron chi connectivity index (χ4n) is 10.7. The van der Waals surface area contributed by atoms with Gasteiger partial charge < -0.3 is 19.4 Å². The lowest BCUT2D eigenvalue weighted by atomic mass is 10.0. The second-order valence-electron chi connectivity index (χ2n) is 25.8. The van der Waals surface area contributed by atoms with E-state index in [0.717, 1.165) is 64.2 Å². The van der Waals surface area contributed by atoms with Gasteiger partial charge in [-0.05, 0) is 89.5 Å². The van der Waals surface area contributed by atoms with Crippen molar-refractivity contribution in [3.63, 3.8) is 0 Å². The SMILES string of the molecule is CCCCC/C=C\C/C=C\CCCCCCCCCCCCCCCCCCCC(=O)NC(COP(=O)(O)OCC[N+](C)(C)C)C(/C=C\CCCCCCCCCCC)OC(=O)CCCCCCCCCCC/C=C/CCCCCCCC. The number of unbranched alkanes of at least 4 members (excludes halogenated alkanes) is 44. The largest absolute Gasteiger partial charge is 0.472 e. The molecule has 10 heteroatoms. The minimum absolute atomic E-state index is 0.0417. The van der Waals surface area contributed by atoms with E-state index in [1.807, 2.05) is 33.3 Å². The molecule has 0 aliphatic heterocycles. The summed E-state index contributed by atoms with van der Waals surface area (Å²) in [6.45, 7) is 7.03. The van der Waals surface area contributed by atoms with Crippen LogP contribution in [0.4, 0.5) is 0 Å². The summed E-state index contributed by atoms with van der Waals surface area (Å²) in [5.41, 5.74) is 0. The van der Waals surface area contributed by atoms with Crippen molar-refractivity contribution in [1.29, 1.82) is 0 Å². The van der Waals surface area contributed by atoms with Gasteiger partial charge in [-0.1, -0.05) is 301 Å². The molecule has 0 bridgehead atoms. The van der Waals surface area contributed by atoms with Crippen LogP contribution in [0.1, 0.15) is 355 Å². The van der Waals surface area contributed by atoms with Gasteiger partial charge in [-0.25, -0.2) is 4.57 Å². The van der Waals surface area contributed by atoms with Crippen LogP contribution in [0.15, 0.2) is 48.6 Å². The van der Waals surface area contributed by atoms with Gasteiger partial charge in [0, 0.05) is 12.8 Å². The van der Waals surface area contributed by atoms with Crippen molar-refractivity contribution in [3.05, 3.63) is 48.6 Å². The molecule has 0 aliphatic rings. The highest BCUT2D eigenvalue weighted by Crippen LogP contribution is 2.43. The smallest absolute Gasteiger partial charge is 0.456 e. The van der Waals surface area contributed by atoms with Crippen LogP contribution in [0.5, 0.6) is 0 Å². The van der Waals surface area contributed by atoms with E-state index in [1.165, 1.54) is 257 Å². The molecule has 0 aromatic carbocycles. The monoisotopic (exact) mass is 1190 g/mol. The van der Waals surface area contributed by atoms with Gasteiger partial charge in [0.15, 0.2) is 0 Å². The summed E-state index contributed by atoms with van der Waals surface area (Å²) in [6, 6.07) is -0.847. The lowest BCUT2D eigenvalue weighted by molar-refractivity contribution is -0.870. The summed E-state index contributed by atoms with van der Waals surface area (Å²) < 4.78 is 30.8. The summed E-state index contributed by atoms with van der Waals surface area (Å²) in [6.07, 6.45) is 79.9. The van der Waals surface area contributed by atoms with Crippen LogP contribution < -0.4 is 5.32 Å². The molecule has 0 saturated heterocycles. The third-order valence-corrected chi connectivity index (χ3v) is 17.2. The van der Waals surface area contributed by atoms with E-state index in [-0.39, 0.29) is 25.1 Å². The van der Waals surface area contributed by atoms with Gasteiger partial charge >= 0.3 is 13.8 Å². The van der Waals surface area contributed by atoms with E-state index < -0.39 is 20.0 Å². The molecule has 2 N–H and O–H groups in total. The fourth-order valence-corrected chi connectivity index (χ4v) is 11.4. The van der Waals surface area contributed by atoms with Crippen molar-refractivity contribution in [2.24, 2.45) is 0 Å². The Hall–Kier alpha value is -2.03. The second-order valence-corrected chi connectivity index (χ2v) is 27.2. The molecule has 0 radical (unpaired) electrons. The summed E-state index contributed by atoms with van der Waals surface area (Å²) >= 11 is 0. The van der Waals surface area contributed by atoms with E-state index in [9.17, 15) is 19.0 Å². The number of nitrogens with zero attached hydrogens (tertiary/aromatic N) is 1. The zero-order chi connectivity index (χ0) is 60.7. The molecular weight excluding hydrogens is 1050 g/mol. The van der Waals surface area contributed by atoms with Gasteiger partial charge in [0.25, 0.3) is 0 Å². The number of esters is 1. The van der Waals surface area contributed by atoms with Crippen LogP contribution in [-0.4, -0.2) is 74.3 Å². The highest BCUT2D eigenvalue weighted by Gasteiger charge is 2.30. The average molecular weight is 1190 g/mol. The number of carbonyl (C=O) groups is 2. The number of nitrogens with one attached hydrogen (secondary N) is 1. The maximum absolute atomic E-state index is 13.6. The van der Waals surface area contributed by atoms with E-state index in [1.54, 1.807) is 0 Å². The molecule has 1 amide bonds. The average Bonchev–Trinajstić information content (AvgIpc) is 3.51. The van der Waals surface area contributed by atoms with Crippen LogP contribution in [0.2, 0.25) is 0 Å². The molecule has 83 heavy (non-hydrogen) atoms. The molecule has 0 spiro atoms. The lowest BCUT2D eigenvalue weighted by Gasteiger charge is -2.27. The van der Waals surface area contributed by atoms with E-state index in [2.05, 4.69) is 62.5 Å². The van der Waals surface area contributed by atoms with Crippen LogP contribution in [0.3, 0.4) is 0 Å². The number of phosphoric acid groups is 1. The van der Waals surface area contributed by atoms with Crippen molar-refractivity contribution < 1.29 is 37.3 Å². The topological polar surface area (TPSA) is 111 Å². The number of allylic oxidation sites excluding steroid dienone is 7. The first-order valence-corrected chi connectivity index (χ1v) is 37.5. The number of hydrogen-bond donors (Lipinski definition) is 2. The number of hydrogen-bond acceptors (Lipinski definition) is 6. The Labute approximate surface area is 516 Å². The lowest BCUT2D eigenvalue weighted by Crippen LogP contribution is -2.47. The second kappa shape index (κ2) is 63.0. The zero-order valence-corrected chi connectivity index (χ0v) is 56.8. The maximum Gasteiger partial charge on any atom is 0.472 e. The van der Waals surface area contributed by atoms with Gasteiger partial charge in [0.2, 0.25) is 5.91 Å². The molecular formula is C73H140N2O7P+. The third-order valence-electron chi connectivity index (χ3n) is 16.2. The zero-order valence-electron chi connectivity index (χ0n) is 56.0. The highest BCUT2D eigenvalue weighted by molar-refractivity contribution is 7.47. The molecule has 0 fully saturated rings. The van der Waals surface area contributed by atoms with Crippen LogP contribution in [0.25, 0.3) is 0 Å². The van der Waals surface area contributed by atoms with Gasteiger partial charge in [0.1, 0.15) is 19.3 Å². The predicted molar refractivity (Wildman–Crippen MR) is 360 cm³/mol. The Morgan fingerprint density at radius 2 is 0.735 bits per heavy atom. The predicted octanol–water partition coefficient (Wildman–Crippen LogP) is 22.8. The minimum atomic E-state index is -4.45. The van der Waals surface area contributed by atoms with E-state index in [0.29, 0.717) is 23.9 Å². The van der Waals surface area contributed by atoms with Crippen LogP contribution >= 0.6 is 7.82 Å². The first-order valence-electron chi connectivity index (χ1n) is 36.0. The summed E-state index contributed by atoms with van der Waals surface area (Å²) in [7, 11) is 1.51. The maximum atomic E-state index is 13.6. The number of ether oxygens (including phenoxy) is 1. The summed E-state index contributed by atoms with van der Waals surface area (Å²) in [5.74, 6) is -0.492. The van der Waals surface area contributed by atoms with Crippen LogP contribution in [0, 0.1) is 0 Å². The van der Waals surface area contributed by atoms with Crippen molar-refractivity contribution in [3.8, 4) is 0 Å². The molecule has 0 heterocycles. The Bertz CT molecular complexity index is 1560. The van der Waals surface area contributed by atoms with Crippen molar-refractivity contribution in [2.45, 2.75) is 367 Å². The Kier molecular flexibility index (Phi) is 61.5. The summed E-state index contributed by atoms with van der Waals surface area (Å²) in [5, 5.41) is 3.07. The number of phosphoric ester groups is 1.